The van der Waals surface area contributed by atoms with Crippen LogP contribution in [0.1, 0.15) is 37.8 Å². The summed E-state index contributed by atoms with van der Waals surface area (Å²) in [4.78, 5) is 0. The van der Waals surface area contributed by atoms with Crippen molar-refractivity contribution in [2.45, 2.75) is 32.1 Å². The van der Waals surface area contributed by atoms with Crippen LogP contribution in [0, 0.1) is 0 Å². The first-order chi connectivity index (χ1) is 9.21. The lowest BCUT2D eigenvalue weighted by Gasteiger charge is -2.40. The molecular weight excluding hydrogens is 298 g/mol. The Labute approximate surface area is 123 Å². The van der Waals surface area contributed by atoms with Gasteiger partial charge in [-0.1, -0.05) is 48.0 Å². The third kappa shape index (κ3) is 1.81. The maximum Gasteiger partial charge on any atom is 0.0426 e. The van der Waals surface area contributed by atoms with Crippen molar-refractivity contribution < 1.29 is 0 Å². The lowest BCUT2D eigenvalue weighted by Crippen LogP contribution is -2.31. The maximum atomic E-state index is 3.61. The van der Waals surface area contributed by atoms with E-state index in [1.54, 1.807) is 0 Å². The Kier molecular flexibility index (Phi) is 3.14. The van der Waals surface area contributed by atoms with Gasteiger partial charge in [0.2, 0.25) is 0 Å². The number of para-hydroxylation sites is 1. The molecular formula is C17H18BrN. The fourth-order valence-electron chi connectivity index (χ4n) is 3.33. The second-order valence-electron chi connectivity index (χ2n) is 5.15. The van der Waals surface area contributed by atoms with Gasteiger partial charge in [-0.15, -0.1) is 0 Å². The van der Waals surface area contributed by atoms with E-state index in [4.69, 9.17) is 0 Å². The summed E-state index contributed by atoms with van der Waals surface area (Å²) < 4.78 is 1.15. The third-order valence-electron chi connectivity index (χ3n) is 4.42. The van der Waals surface area contributed by atoms with Crippen LogP contribution in [0.25, 0.3) is 0 Å². The zero-order chi connectivity index (χ0) is 13.5. The number of benzene rings is 2. The molecule has 0 atom stereocenters. The van der Waals surface area contributed by atoms with Crippen molar-refractivity contribution in [2.24, 2.45) is 0 Å². The molecule has 98 valence electrons. The molecule has 0 saturated heterocycles. The Balaban J connectivity index is 2.31. The molecule has 1 aliphatic heterocycles. The highest BCUT2D eigenvalue weighted by Gasteiger charge is 2.37. The number of hydrogen-bond acceptors (Lipinski definition) is 1. The third-order valence-corrected chi connectivity index (χ3v) is 4.91. The summed E-state index contributed by atoms with van der Waals surface area (Å²) in [5, 5.41) is 3.57. The summed E-state index contributed by atoms with van der Waals surface area (Å²) in [5.74, 6) is 0. The van der Waals surface area contributed by atoms with Crippen LogP contribution in [-0.2, 0) is 5.41 Å². The average Bonchev–Trinajstić information content (AvgIpc) is 2.45. The van der Waals surface area contributed by atoms with E-state index in [1.807, 2.05) is 0 Å². The van der Waals surface area contributed by atoms with Gasteiger partial charge in [0.15, 0.2) is 0 Å². The highest BCUT2D eigenvalue weighted by Crippen LogP contribution is 2.49. The molecule has 0 aliphatic carbocycles. The van der Waals surface area contributed by atoms with E-state index in [1.165, 1.54) is 22.5 Å². The minimum atomic E-state index is 0.126. The molecule has 0 aromatic heterocycles. The Morgan fingerprint density at radius 2 is 1.63 bits per heavy atom. The van der Waals surface area contributed by atoms with Crippen molar-refractivity contribution in [1.82, 2.24) is 0 Å². The standard InChI is InChI=1S/C17H18BrN/c1-3-17(4-2)13-7-5-6-8-15(13)19-16-10-9-12(18)11-14(16)17/h5-11,19H,3-4H2,1-2H3. The van der Waals surface area contributed by atoms with Crippen LogP contribution in [-0.4, -0.2) is 0 Å². The van der Waals surface area contributed by atoms with Gasteiger partial charge < -0.3 is 5.32 Å². The van der Waals surface area contributed by atoms with Gasteiger partial charge in [0.25, 0.3) is 0 Å². The van der Waals surface area contributed by atoms with E-state index in [2.05, 4.69) is 77.6 Å². The van der Waals surface area contributed by atoms with Gasteiger partial charge in [-0.25, -0.2) is 0 Å². The SMILES string of the molecule is CCC1(CC)c2ccccc2Nc2ccc(Br)cc21. The number of rotatable bonds is 2. The highest BCUT2D eigenvalue weighted by atomic mass is 79.9. The fourth-order valence-corrected chi connectivity index (χ4v) is 3.69. The first-order valence-electron chi connectivity index (χ1n) is 6.88. The van der Waals surface area contributed by atoms with E-state index in [0.717, 1.165) is 17.3 Å². The molecule has 3 rings (SSSR count). The minimum Gasteiger partial charge on any atom is -0.355 e. The zero-order valence-electron chi connectivity index (χ0n) is 11.3. The molecule has 0 spiro atoms. The van der Waals surface area contributed by atoms with Crippen LogP contribution in [0.4, 0.5) is 11.4 Å². The monoisotopic (exact) mass is 315 g/mol. The highest BCUT2D eigenvalue weighted by molar-refractivity contribution is 9.10. The Hall–Kier alpha value is -1.28. The molecule has 0 bridgehead atoms. The Morgan fingerprint density at radius 3 is 2.37 bits per heavy atom. The largest absolute Gasteiger partial charge is 0.355 e. The number of nitrogens with one attached hydrogen (secondary N) is 1. The summed E-state index contributed by atoms with van der Waals surface area (Å²) in [5.41, 5.74) is 5.45. The maximum absolute atomic E-state index is 3.61. The lowest BCUT2D eigenvalue weighted by atomic mass is 9.68. The molecule has 0 saturated carbocycles. The Morgan fingerprint density at radius 1 is 0.947 bits per heavy atom. The summed E-state index contributed by atoms with van der Waals surface area (Å²) in [6, 6.07) is 15.2. The van der Waals surface area contributed by atoms with E-state index >= 15 is 0 Å². The molecule has 1 nitrogen and oxygen atoms in total. The van der Waals surface area contributed by atoms with Crippen molar-refractivity contribution in [2.75, 3.05) is 5.32 Å². The molecule has 1 aliphatic rings. The molecule has 2 aromatic rings. The second kappa shape index (κ2) is 4.68. The van der Waals surface area contributed by atoms with E-state index in [-0.39, 0.29) is 5.41 Å². The van der Waals surface area contributed by atoms with Crippen molar-refractivity contribution in [3.05, 3.63) is 58.1 Å². The van der Waals surface area contributed by atoms with Crippen LogP contribution in [0.2, 0.25) is 0 Å². The van der Waals surface area contributed by atoms with E-state index < -0.39 is 0 Å². The Bertz CT molecular complexity index is 614. The summed E-state index contributed by atoms with van der Waals surface area (Å²) >= 11 is 3.61. The molecule has 2 heteroatoms. The van der Waals surface area contributed by atoms with Crippen LogP contribution < -0.4 is 5.32 Å². The number of hydrogen-bond donors (Lipinski definition) is 1. The van der Waals surface area contributed by atoms with Gasteiger partial charge in [0.05, 0.1) is 0 Å². The predicted molar refractivity (Wildman–Crippen MR) is 85.2 cm³/mol. The molecule has 2 aromatic carbocycles. The summed E-state index contributed by atoms with van der Waals surface area (Å²) in [6.07, 6.45) is 2.23. The molecule has 1 N–H and O–H groups in total. The minimum absolute atomic E-state index is 0.126. The average molecular weight is 316 g/mol. The van der Waals surface area contributed by atoms with Crippen LogP contribution in [0.15, 0.2) is 46.9 Å². The van der Waals surface area contributed by atoms with Gasteiger partial charge in [0, 0.05) is 21.3 Å². The van der Waals surface area contributed by atoms with E-state index in [0.29, 0.717) is 0 Å². The quantitative estimate of drug-likeness (QED) is 0.759. The van der Waals surface area contributed by atoms with Gasteiger partial charge >= 0.3 is 0 Å². The van der Waals surface area contributed by atoms with E-state index in [9.17, 15) is 0 Å². The van der Waals surface area contributed by atoms with Crippen molar-refractivity contribution >= 4 is 27.3 Å². The molecule has 0 amide bonds. The van der Waals surface area contributed by atoms with Gasteiger partial charge in [-0.05, 0) is 48.2 Å². The van der Waals surface area contributed by atoms with Crippen molar-refractivity contribution in [3.63, 3.8) is 0 Å². The lowest BCUT2D eigenvalue weighted by molar-refractivity contribution is 0.477. The summed E-state index contributed by atoms with van der Waals surface area (Å²) in [7, 11) is 0. The molecule has 0 unspecified atom stereocenters. The second-order valence-corrected chi connectivity index (χ2v) is 6.07. The number of halogens is 1. The number of anilines is 2. The smallest absolute Gasteiger partial charge is 0.0426 e. The normalized spacial score (nSPS) is 15.3. The number of fused-ring (bicyclic) bond motifs is 2. The summed E-state index contributed by atoms with van der Waals surface area (Å²) in [6.45, 7) is 4.58. The van der Waals surface area contributed by atoms with Gasteiger partial charge in [-0.3, -0.25) is 0 Å². The van der Waals surface area contributed by atoms with Gasteiger partial charge in [-0.2, -0.15) is 0 Å². The molecule has 0 radical (unpaired) electrons. The molecule has 0 fully saturated rings. The molecule has 19 heavy (non-hydrogen) atoms. The topological polar surface area (TPSA) is 12.0 Å². The first-order valence-corrected chi connectivity index (χ1v) is 7.67. The van der Waals surface area contributed by atoms with Gasteiger partial charge in [0.1, 0.15) is 0 Å². The van der Waals surface area contributed by atoms with Crippen LogP contribution in [0.3, 0.4) is 0 Å². The van der Waals surface area contributed by atoms with Crippen LogP contribution >= 0.6 is 15.9 Å². The van der Waals surface area contributed by atoms with Crippen molar-refractivity contribution in [1.29, 1.82) is 0 Å². The first kappa shape index (κ1) is 12.7. The van der Waals surface area contributed by atoms with Crippen molar-refractivity contribution in [3.8, 4) is 0 Å². The fraction of sp³-hybridized carbons (Fsp3) is 0.294. The zero-order valence-corrected chi connectivity index (χ0v) is 12.9. The van der Waals surface area contributed by atoms with Crippen LogP contribution in [0.5, 0.6) is 0 Å². The molecule has 1 heterocycles. The predicted octanol–water partition coefficient (Wildman–Crippen LogP) is 5.61.